The highest BCUT2D eigenvalue weighted by molar-refractivity contribution is 7.99. The van der Waals surface area contributed by atoms with E-state index in [4.69, 9.17) is 37.6 Å². The van der Waals surface area contributed by atoms with Crippen LogP contribution in [0.3, 0.4) is 0 Å². The summed E-state index contributed by atoms with van der Waals surface area (Å²) in [5.41, 5.74) is -1.57. The maximum Gasteiger partial charge on any atom is 0.0661 e. The Bertz CT molecular complexity index is 1300. The summed E-state index contributed by atoms with van der Waals surface area (Å²) < 4.78 is 154. The van der Waals surface area contributed by atoms with E-state index in [1.54, 1.807) is 0 Å². The van der Waals surface area contributed by atoms with Gasteiger partial charge in [-0.1, -0.05) is 35.4 Å². The average molecular weight is 338 g/mol. The van der Waals surface area contributed by atoms with Gasteiger partial charge in [-0.3, -0.25) is 0 Å². The third kappa shape index (κ3) is 3.20. The zero-order valence-electron chi connectivity index (χ0n) is 29.2. The number of anilines is 2. The van der Waals surface area contributed by atoms with E-state index in [1.165, 1.54) is 0 Å². The number of rotatable bonds is 4. The average Bonchev–Trinajstić information content (AvgIpc) is 2.79. The van der Waals surface area contributed by atoms with Crippen molar-refractivity contribution < 1.29 is 26.0 Å². The lowest BCUT2D eigenvalue weighted by molar-refractivity contribution is 0.402. The molecule has 2 aromatic carbocycles. The fourth-order valence-corrected chi connectivity index (χ4v) is 2.61. The molecule has 0 bridgehead atoms. The van der Waals surface area contributed by atoms with Crippen LogP contribution < -0.4 is 4.90 Å². The van der Waals surface area contributed by atoms with Gasteiger partial charge in [0, 0.05) is 37.8 Å². The van der Waals surface area contributed by atoms with E-state index in [2.05, 4.69) is 0 Å². The summed E-state index contributed by atoms with van der Waals surface area (Å²) in [4.78, 5) is -1.58. The Morgan fingerprint density at radius 3 is 2.90 bits per heavy atom. The normalized spacial score (nSPS) is 29.6. The van der Waals surface area contributed by atoms with E-state index in [0.717, 1.165) is 0 Å². The van der Waals surface area contributed by atoms with Crippen LogP contribution in [0.25, 0.3) is 0 Å². The van der Waals surface area contributed by atoms with Crippen molar-refractivity contribution >= 4 is 34.7 Å². The Kier molecular flexibility index (Phi) is 1.27. The zero-order chi connectivity index (χ0) is 31.3. The standard InChI is InChI=1S/C17H19ClN2S/c1-19(2)10-5-11-20-14-6-3-4-7-16(14)21-17-9-8-13(18)12-15(17)20/h3-4,6-9,12H,5,10-11H2,1-2H3/i1D3,2D3,3D,4D,5D2,6D,7D,8D,9D,10D2,11D2,12D. The molecule has 0 saturated heterocycles. The number of benzene rings is 2. The topological polar surface area (TPSA) is 6.48 Å². The molecule has 0 N–H and O–H groups in total. The first kappa shape index (κ1) is 4.22. The van der Waals surface area contributed by atoms with Crippen LogP contribution in [0.15, 0.2) is 52.1 Å². The summed E-state index contributed by atoms with van der Waals surface area (Å²) in [5, 5.41) is -0.718. The number of para-hydroxylation sites is 1. The molecule has 0 spiro atoms. The highest BCUT2D eigenvalue weighted by atomic mass is 35.5. The lowest BCUT2D eigenvalue weighted by Crippen LogP contribution is -2.25. The molecule has 0 fully saturated rings. The van der Waals surface area contributed by atoms with Gasteiger partial charge < -0.3 is 9.80 Å². The zero-order valence-corrected chi connectivity index (χ0v) is 11.8. The minimum Gasteiger partial charge on any atom is -0.340 e. The predicted octanol–water partition coefficient (Wildman–Crippen LogP) is 4.89. The van der Waals surface area contributed by atoms with E-state index in [1.807, 2.05) is 0 Å². The van der Waals surface area contributed by atoms with Crippen LogP contribution in [-0.4, -0.2) is 31.8 Å². The number of hydrogen-bond donors (Lipinski definition) is 0. The molecular formula is C17H19ClN2S. The van der Waals surface area contributed by atoms with Gasteiger partial charge in [-0.15, -0.1) is 0 Å². The van der Waals surface area contributed by atoms with Crippen molar-refractivity contribution in [3.8, 4) is 0 Å². The molecule has 0 atom stereocenters. The van der Waals surface area contributed by atoms with E-state index >= 15 is 0 Å². The lowest BCUT2D eigenvalue weighted by atomic mass is 10.2. The number of hydrogen-bond acceptors (Lipinski definition) is 3. The van der Waals surface area contributed by atoms with Gasteiger partial charge in [-0.2, -0.15) is 0 Å². The first-order chi connectivity index (χ1) is 17.8. The van der Waals surface area contributed by atoms with Crippen molar-refractivity contribution in [1.29, 1.82) is 0 Å². The van der Waals surface area contributed by atoms with Crippen LogP contribution in [0.4, 0.5) is 11.4 Å². The maximum atomic E-state index is 8.81. The molecule has 110 valence electrons. The summed E-state index contributed by atoms with van der Waals surface area (Å²) in [7, 11) is 0. The molecule has 4 heteroatoms. The van der Waals surface area contributed by atoms with E-state index in [0.29, 0.717) is 11.8 Å². The van der Waals surface area contributed by atoms with Crippen molar-refractivity contribution in [2.75, 3.05) is 31.8 Å². The molecule has 1 aliphatic rings. The van der Waals surface area contributed by atoms with Gasteiger partial charge in [0.05, 0.1) is 21.0 Å². The summed E-state index contributed by atoms with van der Waals surface area (Å²) in [6, 6.07) is -5.78. The van der Waals surface area contributed by atoms with Crippen molar-refractivity contribution in [3.63, 3.8) is 0 Å². The number of halogens is 1. The fourth-order valence-electron chi connectivity index (χ4n) is 1.58. The summed E-state index contributed by atoms with van der Waals surface area (Å²) >= 11 is 6.49. The highest BCUT2D eigenvalue weighted by Crippen LogP contribution is 2.48. The monoisotopic (exact) mass is 337 g/mol. The van der Waals surface area contributed by atoms with Gasteiger partial charge in [-0.25, -0.2) is 0 Å². The van der Waals surface area contributed by atoms with Crippen molar-refractivity contribution in [2.45, 2.75) is 16.2 Å². The first-order valence-electron chi connectivity index (χ1n) is 14.9. The second kappa shape index (κ2) is 6.30. The van der Waals surface area contributed by atoms with Crippen molar-refractivity contribution in [2.24, 2.45) is 0 Å². The molecule has 0 radical (unpaired) electrons. The Labute approximate surface area is 162 Å². The van der Waals surface area contributed by atoms with Gasteiger partial charge in [-0.05, 0) is 57.0 Å². The van der Waals surface area contributed by atoms with Gasteiger partial charge in [0.15, 0.2) is 0 Å². The first-order valence-corrected chi connectivity index (χ1v) is 6.63. The van der Waals surface area contributed by atoms with Crippen LogP contribution in [0, 0.1) is 0 Å². The van der Waals surface area contributed by atoms with Gasteiger partial charge in [0.2, 0.25) is 0 Å². The van der Waals surface area contributed by atoms with Crippen molar-refractivity contribution in [1.82, 2.24) is 4.90 Å². The minimum atomic E-state index is -4.17. The highest BCUT2D eigenvalue weighted by Gasteiger charge is 2.22. The number of nitrogens with zero attached hydrogens (tertiary/aromatic N) is 2. The molecule has 3 rings (SSSR count). The molecule has 0 aromatic heterocycles. The molecule has 2 aromatic rings. The SMILES string of the molecule is [2H]c1c([2H])c([2H])c2c(c1[2H])Sc1c([2H])c([2H])c(Cl)c([2H])c1N2C([2H])([2H])C([2H])([2H])C([2H])([2H])N(C([2H])([2H])[2H])C([2H])([2H])[2H]. The van der Waals surface area contributed by atoms with E-state index in [-0.39, 0.29) is 4.90 Å². The largest absolute Gasteiger partial charge is 0.340 e. The summed E-state index contributed by atoms with van der Waals surface area (Å²) in [6.07, 6.45) is -4.17. The van der Waals surface area contributed by atoms with Gasteiger partial charge >= 0.3 is 0 Å². The van der Waals surface area contributed by atoms with Crippen LogP contribution in [0.1, 0.15) is 32.4 Å². The molecule has 21 heavy (non-hydrogen) atoms. The quantitative estimate of drug-likeness (QED) is 0.783. The summed E-state index contributed by atoms with van der Waals surface area (Å²) in [6.45, 7) is -15.8. The second-order valence-electron chi connectivity index (χ2n) is 3.67. The Morgan fingerprint density at radius 2 is 2.05 bits per heavy atom. The third-order valence-electron chi connectivity index (χ3n) is 2.35. The second-order valence-corrected chi connectivity index (χ2v) is 5.06. The third-order valence-corrected chi connectivity index (χ3v) is 3.54. The van der Waals surface area contributed by atoms with Crippen LogP contribution in [0.2, 0.25) is 5.02 Å². The summed E-state index contributed by atoms with van der Waals surface area (Å²) in [5.74, 6) is 0. The maximum absolute atomic E-state index is 8.81. The fraction of sp³-hybridized carbons (Fsp3) is 0.294. The van der Waals surface area contributed by atoms with Gasteiger partial charge in [0.1, 0.15) is 0 Å². The Morgan fingerprint density at radius 1 is 1.24 bits per heavy atom. The molecule has 0 saturated carbocycles. The molecule has 0 amide bonds. The predicted molar refractivity (Wildman–Crippen MR) is 92.2 cm³/mol. The molecule has 1 aliphatic heterocycles. The minimum absolute atomic E-state index is 0.159. The lowest BCUT2D eigenvalue weighted by Gasteiger charge is -2.33. The number of fused-ring (bicyclic) bond motifs is 2. The molecule has 0 aliphatic carbocycles. The Hall–Kier alpha value is -1.16. The molecular weight excluding hydrogens is 300 g/mol. The van der Waals surface area contributed by atoms with Crippen LogP contribution >= 0.6 is 23.4 Å². The van der Waals surface area contributed by atoms with Crippen LogP contribution in [-0.2, 0) is 0 Å². The van der Waals surface area contributed by atoms with Crippen molar-refractivity contribution in [3.05, 3.63) is 47.3 Å². The Balaban J connectivity index is 2.52. The van der Waals surface area contributed by atoms with E-state index in [9.17, 15) is 0 Å². The van der Waals surface area contributed by atoms with Gasteiger partial charge in [0.25, 0.3) is 0 Å². The molecule has 0 unspecified atom stereocenters. The van der Waals surface area contributed by atoms with Crippen LogP contribution in [0.5, 0.6) is 0 Å². The van der Waals surface area contributed by atoms with E-state index < -0.39 is 107 Å². The molecule has 2 nitrogen and oxygen atoms in total. The molecule has 1 heterocycles. The smallest absolute Gasteiger partial charge is 0.0661 e.